The van der Waals surface area contributed by atoms with Gasteiger partial charge in [-0.1, -0.05) is 0 Å². The lowest BCUT2D eigenvalue weighted by Crippen LogP contribution is -2.25. The Morgan fingerprint density at radius 3 is 2.65 bits per heavy atom. The number of hydrogen-bond acceptors (Lipinski definition) is 3. The van der Waals surface area contributed by atoms with Gasteiger partial charge in [0.2, 0.25) is 5.91 Å². The summed E-state index contributed by atoms with van der Waals surface area (Å²) in [5, 5.41) is 3.29. The Balaban J connectivity index is 2.05. The smallest absolute Gasteiger partial charge is 0.227 e. The molecule has 4 nitrogen and oxygen atoms in total. The number of benzene rings is 1. The minimum Gasteiger partial charge on any atom is -0.381 e. The molecule has 1 saturated heterocycles. The highest BCUT2D eigenvalue weighted by Crippen LogP contribution is 2.23. The Morgan fingerprint density at radius 1 is 1.41 bits per heavy atom. The van der Waals surface area contributed by atoms with Gasteiger partial charge in [-0.3, -0.25) is 4.79 Å². The minimum atomic E-state index is 0.223. The highest BCUT2D eigenvalue weighted by molar-refractivity contribution is 5.95. The van der Waals surface area contributed by atoms with Crippen molar-refractivity contribution < 1.29 is 4.79 Å². The molecular formula is C13H19N3O. The molecule has 4 heteroatoms. The van der Waals surface area contributed by atoms with Crippen LogP contribution in [0.15, 0.2) is 24.3 Å². The van der Waals surface area contributed by atoms with Gasteiger partial charge in [-0.25, -0.2) is 0 Å². The Morgan fingerprint density at radius 2 is 2.12 bits per heavy atom. The molecule has 3 N–H and O–H groups in total. The molecule has 0 bridgehead atoms. The molecule has 1 unspecified atom stereocenters. The van der Waals surface area contributed by atoms with Crippen molar-refractivity contribution in [2.24, 2.45) is 5.73 Å². The van der Waals surface area contributed by atoms with Gasteiger partial charge in [0.05, 0.1) is 0 Å². The van der Waals surface area contributed by atoms with Gasteiger partial charge in [0.1, 0.15) is 0 Å². The molecule has 1 heterocycles. The summed E-state index contributed by atoms with van der Waals surface area (Å²) in [6, 6.07) is 8.21. The van der Waals surface area contributed by atoms with Crippen LogP contribution in [0.3, 0.4) is 0 Å². The molecule has 92 valence electrons. The van der Waals surface area contributed by atoms with Crippen LogP contribution in [0.2, 0.25) is 0 Å². The molecule has 0 radical (unpaired) electrons. The van der Waals surface area contributed by atoms with Crippen molar-refractivity contribution in [1.29, 1.82) is 0 Å². The third kappa shape index (κ3) is 2.77. The first-order valence-corrected chi connectivity index (χ1v) is 6.08. The van der Waals surface area contributed by atoms with E-state index in [1.807, 2.05) is 36.1 Å². The van der Waals surface area contributed by atoms with Crippen LogP contribution >= 0.6 is 0 Å². The van der Waals surface area contributed by atoms with Crippen LogP contribution in [-0.4, -0.2) is 25.0 Å². The number of anilines is 2. The lowest BCUT2D eigenvalue weighted by atomic mass is 10.2. The molecule has 0 spiro atoms. The van der Waals surface area contributed by atoms with E-state index in [9.17, 15) is 4.79 Å². The minimum absolute atomic E-state index is 0.223. The van der Waals surface area contributed by atoms with E-state index in [1.165, 1.54) is 0 Å². The monoisotopic (exact) mass is 233 g/mol. The van der Waals surface area contributed by atoms with Gasteiger partial charge in [0.25, 0.3) is 0 Å². The molecule has 1 aliphatic rings. The number of nitrogens with zero attached hydrogens (tertiary/aromatic N) is 1. The molecule has 0 aliphatic carbocycles. The summed E-state index contributed by atoms with van der Waals surface area (Å²) in [7, 11) is 0. The van der Waals surface area contributed by atoms with Gasteiger partial charge in [-0.05, 0) is 37.6 Å². The number of amides is 1. The van der Waals surface area contributed by atoms with Crippen LogP contribution in [-0.2, 0) is 4.79 Å². The maximum atomic E-state index is 11.6. The highest BCUT2D eigenvalue weighted by Gasteiger charge is 2.21. The zero-order chi connectivity index (χ0) is 12.3. The quantitative estimate of drug-likeness (QED) is 0.830. The number of hydrogen-bond donors (Lipinski definition) is 2. The molecule has 1 atom stereocenters. The summed E-state index contributed by atoms with van der Waals surface area (Å²) in [6.45, 7) is 3.48. The highest BCUT2D eigenvalue weighted by atomic mass is 16.2. The van der Waals surface area contributed by atoms with Gasteiger partial charge >= 0.3 is 0 Å². The first kappa shape index (κ1) is 11.9. The molecule has 1 aliphatic heterocycles. The number of nitrogens with two attached hydrogens (primary N) is 1. The fourth-order valence-electron chi connectivity index (χ4n) is 2.00. The second-order valence-corrected chi connectivity index (χ2v) is 4.48. The van der Waals surface area contributed by atoms with Crippen molar-refractivity contribution in [1.82, 2.24) is 0 Å². The van der Waals surface area contributed by atoms with Crippen LogP contribution in [0.25, 0.3) is 0 Å². The number of nitrogens with one attached hydrogen (secondary N) is 1. The molecular weight excluding hydrogens is 214 g/mol. The van der Waals surface area contributed by atoms with Crippen LogP contribution in [0, 0.1) is 0 Å². The van der Waals surface area contributed by atoms with Gasteiger partial charge in [-0.15, -0.1) is 0 Å². The summed E-state index contributed by atoms with van der Waals surface area (Å²) >= 11 is 0. The van der Waals surface area contributed by atoms with Crippen molar-refractivity contribution in [2.45, 2.75) is 25.8 Å². The lowest BCUT2D eigenvalue weighted by Gasteiger charge is -2.17. The first-order valence-electron chi connectivity index (χ1n) is 6.08. The summed E-state index contributed by atoms with van der Waals surface area (Å²) in [4.78, 5) is 13.4. The normalized spacial score (nSPS) is 17.3. The van der Waals surface area contributed by atoms with E-state index in [4.69, 9.17) is 5.73 Å². The molecule has 1 fully saturated rings. The summed E-state index contributed by atoms with van der Waals surface area (Å²) < 4.78 is 0. The molecule has 17 heavy (non-hydrogen) atoms. The van der Waals surface area contributed by atoms with E-state index < -0.39 is 0 Å². The Bertz CT molecular complexity index is 388. The maximum Gasteiger partial charge on any atom is 0.227 e. The molecule has 1 aromatic carbocycles. The molecule has 0 saturated carbocycles. The Labute approximate surface area is 102 Å². The van der Waals surface area contributed by atoms with Gasteiger partial charge in [0.15, 0.2) is 0 Å². The van der Waals surface area contributed by atoms with Gasteiger partial charge in [-0.2, -0.15) is 0 Å². The van der Waals surface area contributed by atoms with Crippen LogP contribution in [0.4, 0.5) is 11.4 Å². The summed E-state index contributed by atoms with van der Waals surface area (Å²) in [5.74, 6) is 0.223. The van der Waals surface area contributed by atoms with Crippen molar-refractivity contribution in [3.8, 4) is 0 Å². The van der Waals surface area contributed by atoms with E-state index in [0.29, 0.717) is 13.0 Å². The standard InChI is InChI=1S/C13H19N3O/c1-10(9-14)15-11-4-6-12(7-5-11)16-8-2-3-13(16)17/h4-7,10,15H,2-3,8-9,14H2,1H3. The zero-order valence-corrected chi connectivity index (χ0v) is 10.1. The molecule has 1 amide bonds. The van der Waals surface area contributed by atoms with Crippen molar-refractivity contribution in [2.75, 3.05) is 23.3 Å². The van der Waals surface area contributed by atoms with E-state index in [2.05, 4.69) is 5.32 Å². The van der Waals surface area contributed by atoms with Crippen LogP contribution < -0.4 is 16.0 Å². The molecule has 2 rings (SSSR count). The second kappa shape index (κ2) is 5.19. The van der Waals surface area contributed by atoms with E-state index in [1.54, 1.807) is 0 Å². The largest absolute Gasteiger partial charge is 0.381 e. The second-order valence-electron chi connectivity index (χ2n) is 4.48. The topological polar surface area (TPSA) is 58.4 Å². The Hall–Kier alpha value is -1.55. The lowest BCUT2D eigenvalue weighted by molar-refractivity contribution is -0.117. The zero-order valence-electron chi connectivity index (χ0n) is 10.1. The SMILES string of the molecule is CC(CN)Nc1ccc(N2CCCC2=O)cc1. The summed E-state index contributed by atoms with van der Waals surface area (Å²) in [6.07, 6.45) is 1.63. The maximum absolute atomic E-state index is 11.6. The summed E-state index contributed by atoms with van der Waals surface area (Å²) in [5.41, 5.74) is 7.58. The third-order valence-electron chi connectivity index (χ3n) is 3.02. The third-order valence-corrected chi connectivity index (χ3v) is 3.02. The number of carbonyl (C=O) groups excluding carboxylic acids is 1. The number of carbonyl (C=O) groups is 1. The predicted molar refractivity (Wildman–Crippen MR) is 70.2 cm³/mol. The van der Waals surface area contributed by atoms with Crippen LogP contribution in [0.1, 0.15) is 19.8 Å². The average molecular weight is 233 g/mol. The van der Waals surface area contributed by atoms with Gasteiger partial charge < -0.3 is 16.0 Å². The van der Waals surface area contributed by atoms with Crippen molar-refractivity contribution >= 4 is 17.3 Å². The molecule has 0 aromatic heterocycles. The Kier molecular flexibility index (Phi) is 3.64. The predicted octanol–water partition coefficient (Wildman–Crippen LogP) is 1.57. The van der Waals surface area contributed by atoms with E-state index in [-0.39, 0.29) is 11.9 Å². The number of rotatable bonds is 4. The first-order chi connectivity index (χ1) is 8.20. The fourth-order valence-corrected chi connectivity index (χ4v) is 2.00. The van der Waals surface area contributed by atoms with Crippen LogP contribution in [0.5, 0.6) is 0 Å². The van der Waals surface area contributed by atoms with Gasteiger partial charge in [0, 0.05) is 36.9 Å². The average Bonchev–Trinajstić information content (AvgIpc) is 2.76. The molecule has 1 aromatic rings. The van der Waals surface area contributed by atoms with E-state index in [0.717, 1.165) is 24.3 Å². The van der Waals surface area contributed by atoms with Crippen molar-refractivity contribution in [3.05, 3.63) is 24.3 Å². The fraction of sp³-hybridized carbons (Fsp3) is 0.462. The van der Waals surface area contributed by atoms with E-state index >= 15 is 0 Å². The van der Waals surface area contributed by atoms with Crippen molar-refractivity contribution in [3.63, 3.8) is 0 Å².